The summed E-state index contributed by atoms with van der Waals surface area (Å²) >= 11 is 0. The molecule has 0 unspecified atom stereocenters. The first-order valence-electron chi connectivity index (χ1n) is 6.84. The molecule has 0 aromatic carbocycles. The second-order valence-corrected chi connectivity index (χ2v) is 5.34. The Morgan fingerprint density at radius 3 is 2.84 bits per heavy atom. The van der Waals surface area contributed by atoms with E-state index < -0.39 is 0 Å². The molecule has 0 saturated heterocycles. The number of hydrogen-bond donors (Lipinski definition) is 3. The van der Waals surface area contributed by atoms with E-state index in [0.717, 1.165) is 31.6 Å². The molecule has 0 radical (unpaired) electrons. The maximum absolute atomic E-state index is 12.1. The van der Waals surface area contributed by atoms with Crippen molar-refractivity contribution >= 4 is 17.4 Å². The van der Waals surface area contributed by atoms with Gasteiger partial charge in [0.05, 0.1) is 19.3 Å². The molecule has 1 aliphatic carbocycles. The molecular formula is C13H22N4O2. The van der Waals surface area contributed by atoms with Crippen LogP contribution >= 0.6 is 0 Å². The smallest absolute Gasteiger partial charge is 0.227 e. The van der Waals surface area contributed by atoms with Crippen molar-refractivity contribution in [2.75, 3.05) is 17.7 Å². The monoisotopic (exact) mass is 266 g/mol. The summed E-state index contributed by atoms with van der Waals surface area (Å²) in [5.41, 5.74) is 6.40. The van der Waals surface area contributed by atoms with Gasteiger partial charge in [-0.1, -0.05) is 6.92 Å². The maximum Gasteiger partial charge on any atom is 0.227 e. The first-order chi connectivity index (χ1) is 9.11. The van der Waals surface area contributed by atoms with Crippen molar-refractivity contribution in [3.63, 3.8) is 0 Å². The van der Waals surface area contributed by atoms with Gasteiger partial charge in [-0.25, -0.2) is 4.68 Å². The lowest BCUT2D eigenvalue weighted by molar-refractivity contribution is -0.121. The molecule has 106 valence electrons. The molecule has 6 nitrogen and oxygen atoms in total. The van der Waals surface area contributed by atoms with Crippen LogP contribution in [0.25, 0.3) is 0 Å². The van der Waals surface area contributed by atoms with Gasteiger partial charge >= 0.3 is 0 Å². The number of nitrogens with zero attached hydrogens (tertiary/aromatic N) is 2. The highest BCUT2D eigenvalue weighted by atomic mass is 16.3. The lowest BCUT2D eigenvalue weighted by Crippen LogP contribution is -2.26. The lowest BCUT2D eigenvalue weighted by atomic mass is 9.82. The number of carbonyl (C=O) groups is 1. The van der Waals surface area contributed by atoms with E-state index in [0.29, 0.717) is 18.1 Å². The molecule has 0 spiro atoms. The normalized spacial score (nSPS) is 23.3. The first-order valence-corrected chi connectivity index (χ1v) is 6.84. The Kier molecular flexibility index (Phi) is 4.42. The van der Waals surface area contributed by atoms with Crippen LogP contribution in [0.5, 0.6) is 0 Å². The van der Waals surface area contributed by atoms with Gasteiger partial charge in [-0.15, -0.1) is 0 Å². The molecule has 1 aromatic rings. The fraction of sp³-hybridized carbons (Fsp3) is 0.692. The number of nitrogens with two attached hydrogens (primary N) is 1. The summed E-state index contributed by atoms with van der Waals surface area (Å²) in [5, 5.41) is 15.7. The highest BCUT2D eigenvalue weighted by Gasteiger charge is 2.25. The molecular weight excluding hydrogens is 244 g/mol. The number of amides is 1. The highest BCUT2D eigenvalue weighted by molar-refractivity contribution is 5.94. The van der Waals surface area contributed by atoms with E-state index in [2.05, 4.69) is 17.3 Å². The van der Waals surface area contributed by atoms with E-state index in [4.69, 9.17) is 10.8 Å². The molecule has 6 heteroatoms. The number of hydrogen-bond acceptors (Lipinski definition) is 4. The molecule has 0 bridgehead atoms. The third kappa shape index (κ3) is 3.26. The maximum atomic E-state index is 12.1. The van der Waals surface area contributed by atoms with Crippen LogP contribution in [0.2, 0.25) is 0 Å². The first kappa shape index (κ1) is 13.9. The number of aliphatic hydroxyl groups excluding tert-OH is 1. The Morgan fingerprint density at radius 1 is 1.53 bits per heavy atom. The number of aromatic nitrogens is 2. The van der Waals surface area contributed by atoms with E-state index in [1.807, 2.05) is 0 Å². The van der Waals surface area contributed by atoms with E-state index in [1.54, 1.807) is 0 Å². The number of aliphatic hydroxyl groups is 1. The van der Waals surface area contributed by atoms with Gasteiger partial charge in [0, 0.05) is 5.92 Å². The molecule has 4 N–H and O–H groups in total. The summed E-state index contributed by atoms with van der Waals surface area (Å²) in [6.45, 7) is 2.54. The van der Waals surface area contributed by atoms with Gasteiger partial charge in [-0.2, -0.15) is 5.10 Å². The largest absolute Gasteiger partial charge is 0.394 e. The molecule has 19 heavy (non-hydrogen) atoms. The van der Waals surface area contributed by atoms with Crippen molar-refractivity contribution in [3.8, 4) is 0 Å². The van der Waals surface area contributed by atoms with Crippen molar-refractivity contribution in [3.05, 3.63) is 6.20 Å². The summed E-state index contributed by atoms with van der Waals surface area (Å²) in [6.07, 6.45) is 5.64. The molecule has 1 fully saturated rings. The summed E-state index contributed by atoms with van der Waals surface area (Å²) in [5.74, 6) is 1.23. The van der Waals surface area contributed by atoms with Crippen LogP contribution in [-0.2, 0) is 11.3 Å². The third-order valence-corrected chi connectivity index (χ3v) is 3.84. The standard InChI is InChI=1S/C13H22N4O2/c1-9-2-4-10(5-3-9)13(19)16-11-8-15-17(6-7-18)12(11)14/h8-10,18H,2-7,14H2,1H3,(H,16,19). The molecule has 1 aliphatic rings. The molecule has 1 aromatic heterocycles. The van der Waals surface area contributed by atoms with Crippen LogP contribution in [0.3, 0.4) is 0 Å². The minimum absolute atomic E-state index is 0.0280. The van der Waals surface area contributed by atoms with Gasteiger partial charge in [0.2, 0.25) is 5.91 Å². The lowest BCUT2D eigenvalue weighted by Gasteiger charge is -2.25. The van der Waals surface area contributed by atoms with Crippen molar-refractivity contribution in [2.24, 2.45) is 11.8 Å². The van der Waals surface area contributed by atoms with Crippen LogP contribution in [0.1, 0.15) is 32.6 Å². The van der Waals surface area contributed by atoms with E-state index >= 15 is 0 Å². The molecule has 0 atom stereocenters. The van der Waals surface area contributed by atoms with Crippen LogP contribution in [0, 0.1) is 11.8 Å². The Bertz CT molecular complexity index is 436. The van der Waals surface area contributed by atoms with E-state index in [-0.39, 0.29) is 18.4 Å². The number of carbonyl (C=O) groups excluding carboxylic acids is 1. The topological polar surface area (TPSA) is 93.2 Å². The molecule has 0 aliphatic heterocycles. The number of nitrogens with one attached hydrogen (secondary N) is 1. The quantitative estimate of drug-likeness (QED) is 0.764. The van der Waals surface area contributed by atoms with Crippen molar-refractivity contribution < 1.29 is 9.90 Å². The van der Waals surface area contributed by atoms with Gasteiger partial charge in [-0.05, 0) is 31.6 Å². The highest BCUT2D eigenvalue weighted by Crippen LogP contribution is 2.29. The SMILES string of the molecule is CC1CCC(C(=O)Nc2cnn(CCO)c2N)CC1. The second-order valence-electron chi connectivity index (χ2n) is 5.34. The molecule has 1 saturated carbocycles. The van der Waals surface area contributed by atoms with Crippen molar-refractivity contribution in [1.29, 1.82) is 0 Å². The van der Waals surface area contributed by atoms with Gasteiger partial charge in [0.15, 0.2) is 0 Å². The van der Waals surface area contributed by atoms with Gasteiger partial charge in [-0.3, -0.25) is 4.79 Å². The minimum Gasteiger partial charge on any atom is -0.394 e. The summed E-state index contributed by atoms with van der Waals surface area (Å²) in [7, 11) is 0. The predicted molar refractivity (Wildman–Crippen MR) is 73.5 cm³/mol. The Labute approximate surface area is 113 Å². The zero-order valence-corrected chi connectivity index (χ0v) is 11.3. The second kappa shape index (κ2) is 6.06. The predicted octanol–water partition coefficient (Wildman–Crippen LogP) is 1.22. The molecule has 2 rings (SSSR count). The van der Waals surface area contributed by atoms with Gasteiger partial charge < -0.3 is 16.2 Å². The fourth-order valence-corrected chi connectivity index (χ4v) is 2.52. The summed E-state index contributed by atoms with van der Waals surface area (Å²) < 4.78 is 1.48. The zero-order valence-electron chi connectivity index (χ0n) is 11.3. The summed E-state index contributed by atoms with van der Waals surface area (Å²) in [4.78, 5) is 12.1. The van der Waals surface area contributed by atoms with Crippen LogP contribution in [0.15, 0.2) is 6.20 Å². The zero-order chi connectivity index (χ0) is 13.8. The van der Waals surface area contributed by atoms with Gasteiger partial charge in [0.25, 0.3) is 0 Å². The molecule has 1 heterocycles. The van der Waals surface area contributed by atoms with Crippen LogP contribution in [-0.4, -0.2) is 27.4 Å². The Balaban J connectivity index is 1.95. The third-order valence-electron chi connectivity index (χ3n) is 3.84. The molecule has 1 amide bonds. The number of anilines is 2. The van der Waals surface area contributed by atoms with Crippen LogP contribution < -0.4 is 11.1 Å². The van der Waals surface area contributed by atoms with E-state index in [1.165, 1.54) is 10.9 Å². The van der Waals surface area contributed by atoms with Crippen molar-refractivity contribution in [2.45, 2.75) is 39.2 Å². The van der Waals surface area contributed by atoms with Crippen LogP contribution in [0.4, 0.5) is 11.5 Å². The Hall–Kier alpha value is -1.56. The fourth-order valence-electron chi connectivity index (χ4n) is 2.52. The Morgan fingerprint density at radius 2 is 2.21 bits per heavy atom. The van der Waals surface area contributed by atoms with Crippen molar-refractivity contribution in [1.82, 2.24) is 9.78 Å². The summed E-state index contributed by atoms with van der Waals surface area (Å²) in [6, 6.07) is 0. The van der Waals surface area contributed by atoms with E-state index in [9.17, 15) is 4.79 Å². The minimum atomic E-state index is -0.0280. The average molecular weight is 266 g/mol. The number of nitrogen functional groups attached to an aromatic ring is 1. The number of rotatable bonds is 4. The average Bonchev–Trinajstić information content (AvgIpc) is 2.73. The van der Waals surface area contributed by atoms with Gasteiger partial charge in [0.1, 0.15) is 11.5 Å².